The van der Waals surface area contributed by atoms with Crippen LogP contribution in [0.1, 0.15) is 22.4 Å². The van der Waals surface area contributed by atoms with Crippen LogP contribution in [0.5, 0.6) is 0 Å². The quantitative estimate of drug-likeness (QED) is 0.551. The zero-order valence-corrected chi connectivity index (χ0v) is 17.7. The molecule has 1 aromatic carbocycles. The molecule has 0 bridgehead atoms. The van der Waals surface area contributed by atoms with Crippen molar-refractivity contribution in [2.24, 2.45) is 5.73 Å². The number of benzene rings is 1. The van der Waals surface area contributed by atoms with Crippen molar-refractivity contribution in [1.82, 2.24) is 19.9 Å². The Kier molecular flexibility index (Phi) is 6.53. The van der Waals surface area contributed by atoms with E-state index in [9.17, 15) is 18.0 Å². The minimum atomic E-state index is -4.71. The Hall–Kier alpha value is -2.83. The maximum absolute atomic E-state index is 13.5. The van der Waals surface area contributed by atoms with Crippen LogP contribution >= 0.6 is 11.3 Å². The first-order valence-electron chi connectivity index (χ1n) is 9.96. The fourth-order valence-electron chi connectivity index (χ4n) is 3.37. The molecule has 1 aliphatic rings. The number of thiazole rings is 1. The predicted octanol–water partition coefficient (Wildman–Crippen LogP) is 2.47. The number of amides is 1. The number of carbonyl (C=O) groups is 1. The van der Waals surface area contributed by atoms with Gasteiger partial charge in [0.25, 0.3) is 0 Å². The number of primary amides is 1. The lowest BCUT2D eigenvalue weighted by atomic mass is 10.1. The molecule has 4 rings (SSSR count). The van der Waals surface area contributed by atoms with E-state index >= 15 is 0 Å². The van der Waals surface area contributed by atoms with Crippen molar-refractivity contribution >= 4 is 33.3 Å². The van der Waals surface area contributed by atoms with Gasteiger partial charge in [0, 0.05) is 32.2 Å². The number of aromatic nitrogens is 3. The number of halogens is 3. The van der Waals surface area contributed by atoms with Crippen molar-refractivity contribution in [2.45, 2.75) is 12.1 Å². The Labute approximate surface area is 185 Å². The highest BCUT2D eigenvalue weighted by Crippen LogP contribution is 2.34. The molecule has 32 heavy (non-hydrogen) atoms. The first-order valence-corrected chi connectivity index (χ1v) is 10.8. The lowest BCUT2D eigenvalue weighted by Gasteiger charge is -2.26. The SMILES string of the molecule is NC(=O)C(c1nc(NCCN2CCOCC2)cc(C(F)(F)F)n1)c1nc2ccccc2s1. The lowest BCUT2D eigenvalue weighted by Crippen LogP contribution is -2.39. The molecule has 2 aromatic heterocycles. The molecule has 8 nitrogen and oxygen atoms in total. The van der Waals surface area contributed by atoms with Crippen molar-refractivity contribution in [2.75, 3.05) is 44.7 Å². The molecule has 1 unspecified atom stereocenters. The minimum absolute atomic E-state index is 0.0251. The second kappa shape index (κ2) is 9.35. The molecule has 1 saturated heterocycles. The first kappa shape index (κ1) is 22.4. The van der Waals surface area contributed by atoms with Crippen LogP contribution in [-0.2, 0) is 15.7 Å². The van der Waals surface area contributed by atoms with Gasteiger partial charge in [-0.25, -0.2) is 15.0 Å². The Morgan fingerprint density at radius 1 is 1.22 bits per heavy atom. The van der Waals surface area contributed by atoms with Gasteiger partial charge >= 0.3 is 6.18 Å². The van der Waals surface area contributed by atoms with Crippen LogP contribution in [-0.4, -0.2) is 65.2 Å². The van der Waals surface area contributed by atoms with Gasteiger partial charge in [0.2, 0.25) is 5.91 Å². The summed E-state index contributed by atoms with van der Waals surface area (Å²) < 4.78 is 46.6. The number of ether oxygens (including phenoxy) is 1. The van der Waals surface area contributed by atoms with Gasteiger partial charge in [0.05, 0.1) is 23.4 Å². The van der Waals surface area contributed by atoms with Crippen LogP contribution in [0.25, 0.3) is 10.2 Å². The molecule has 0 spiro atoms. The number of para-hydroxylation sites is 1. The fraction of sp³-hybridized carbons (Fsp3) is 0.400. The average molecular weight is 466 g/mol. The van der Waals surface area contributed by atoms with Gasteiger partial charge in [-0.15, -0.1) is 11.3 Å². The molecular formula is C20H21F3N6O2S. The smallest absolute Gasteiger partial charge is 0.379 e. The zero-order valence-electron chi connectivity index (χ0n) is 16.9. The molecule has 1 atom stereocenters. The number of nitrogens with two attached hydrogens (primary N) is 1. The van der Waals surface area contributed by atoms with Gasteiger partial charge in [-0.3, -0.25) is 9.69 Å². The van der Waals surface area contributed by atoms with E-state index in [1.54, 1.807) is 24.3 Å². The van der Waals surface area contributed by atoms with Gasteiger partial charge in [-0.2, -0.15) is 13.2 Å². The number of hydrogen-bond donors (Lipinski definition) is 2. The third kappa shape index (κ3) is 5.14. The standard InChI is InChI=1S/C20H21F3N6O2S/c21-20(22,23)14-11-15(25-5-6-29-7-9-31-10-8-29)28-18(27-14)16(17(24)30)19-26-12-3-1-2-4-13(12)32-19/h1-4,11,16H,5-10H2,(H2,24,30)(H,25,27,28). The Bertz CT molecular complexity index is 1070. The summed E-state index contributed by atoms with van der Waals surface area (Å²) in [7, 11) is 0. The summed E-state index contributed by atoms with van der Waals surface area (Å²) in [6.07, 6.45) is -4.71. The summed E-state index contributed by atoms with van der Waals surface area (Å²) in [4.78, 5) is 26.6. The molecule has 0 radical (unpaired) electrons. The van der Waals surface area contributed by atoms with E-state index in [0.29, 0.717) is 31.8 Å². The minimum Gasteiger partial charge on any atom is -0.379 e. The van der Waals surface area contributed by atoms with Gasteiger partial charge in [0.1, 0.15) is 22.4 Å². The van der Waals surface area contributed by atoms with E-state index < -0.39 is 23.7 Å². The third-order valence-corrected chi connectivity index (χ3v) is 6.07. The number of anilines is 1. The Morgan fingerprint density at radius 2 is 1.97 bits per heavy atom. The summed E-state index contributed by atoms with van der Waals surface area (Å²) >= 11 is 1.17. The number of carbonyl (C=O) groups excluding carboxylic acids is 1. The highest BCUT2D eigenvalue weighted by atomic mass is 32.1. The van der Waals surface area contributed by atoms with E-state index in [1.807, 2.05) is 0 Å². The number of nitrogens with one attached hydrogen (secondary N) is 1. The highest BCUT2D eigenvalue weighted by molar-refractivity contribution is 7.18. The van der Waals surface area contributed by atoms with Crippen LogP contribution in [0.2, 0.25) is 0 Å². The van der Waals surface area contributed by atoms with Crippen LogP contribution in [0, 0.1) is 0 Å². The van der Waals surface area contributed by atoms with Crippen LogP contribution in [0.3, 0.4) is 0 Å². The first-order chi connectivity index (χ1) is 15.3. The fourth-order valence-corrected chi connectivity index (χ4v) is 4.44. The lowest BCUT2D eigenvalue weighted by molar-refractivity contribution is -0.141. The Morgan fingerprint density at radius 3 is 2.66 bits per heavy atom. The van der Waals surface area contributed by atoms with Gasteiger partial charge < -0.3 is 15.8 Å². The maximum atomic E-state index is 13.5. The van der Waals surface area contributed by atoms with Crippen molar-refractivity contribution in [3.63, 3.8) is 0 Å². The topological polar surface area (TPSA) is 106 Å². The van der Waals surface area contributed by atoms with Crippen molar-refractivity contribution in [3.05, 3.63) is 46.9 Å². The molecular weight excluding hydrogens is 445 g/mol. The summed E-state index contributed by atoms with van der Waals surface area (Å²) in [5.74, 6) is -2.53. The average Bonchev–Trinajstić information content (AvgIpc) is 3.17. The van der Waals surface area contributed by atoms with E-state index in [1.165, 1.54) is 11.3 Å². The summed E-state index contributed by atoms with van der Waals surface area (Å²) in [5.41, 5.74) is 5.03. The molecule has 1 fully saturated rings. The summed E-state index contributed by atoms with van der Waals surface area (Å²) in [6.45, 7) is 3.74. The van der Waals surface area contributed by atoms with Gasteiger partial charge in [-0.1, -0.05) is 12.1 Å². The predicted molar refractivity (Wildman–Crippen MR) is 113 cm³/mol. The molecule has 3 N–H and O–H groups in total. The molecule has 3 heterocycles. The van der Waals surface area contributed by atoms with Gasteiger partial charge in [-0.05, 0) is 12.1 Å². The molecule has 1 aliphatic heterocycles. The van der Waals surface area contributed by atoms with Crippen molar-refractivity contribution < 1.29 is 22.7 Å². The van der Waals surface area contributed by atoms with E-state index in [-0.39, 0.29) is 16.6 Å². The molecule has 0 saturated carbocycles. The second-order valence-corrected chi connectivity index (χ2v) is 8.29. The number of morpholine rings is 1. The number of nitrogens with zero attached hydrogens (tertiary/aromatic N) is 4. The summed E-state index contributed by atoms with van der Waals surface area (Å²) in [6, 6.07) is 7.97. The molecule has 1 amide bonds. The van der Waals surface area contributed by atoms with Crippen LogP contribution < -0.4 is 11.1 Å². The highest BCUT2D eigenvalue weighted by Gasteiger charge is 2.36. The van der Waals surface area contributed by atoms with Crippen molar-refractivity contribution in [1.29, 1.82) is 0 Å². The molecule has 170 valence electrons. The normalized spacial score (nSPS) is 16.2. The van der Waals surface area contributed by atoms with E-state index in [0.717, 1.165) is 23.9 Å². The maximum Gasteiger partial charge on any atom is 0.433 e. The van der Waals surface area contributed by atoms with Gasteiger partial charge in [0.15, 0.2) is 5.82 Å². The van der Waals surface area contributed by atoms with Crippen LogP contribution in [0.4, 0.5) is 19.0 Å². The van der Waals surface area contributed by atoms with Crippen molar-refractivity contribution in [3.8, 4) is 0 Å². The zero-order chi connectivity index (χ0) is 22.7. The molecule has 3 aromatic rings. The molecule has 0 aliphatic carbocycles. The number of fused-ring (bicyclic) bond motifs is 1. The largest absolute Gasteiger partial charge is 0.433 e. The number of hydrogen-bond acceptors (Lipinski definition) is 8. The molecule has 12 heteroatoms. The van der Waals surface area contributed by atoms with Crippen LogP contribution in [0.15, 0.2) is 30.3 Å². The summed E-state index contributed by atoms with van der Waals surface area (Å²) in [5, 5.41) is 3.16. The van der Waals surface area contributed by atoms with E-state index in [4.69, 9.17) is 10.5 Å². The Balaban J connectivity index is 1.64. The number of rotatable bonds is 7. The monoisotopic (exact) mass is 466 g/mol. The third-order valence-electron chi connectivity index (χ3n) is 4.97. The number of alkyl halides is 3. The second-order valence-electron chi connectivity index (χ2n) is 7.23. The van der Waals surface area contributed by atoms with E-state index in [2.05, 4.69) is 25.2 Å².